The molecule has 0 aliphatic rings. The molecule has 0 atom stereocenters. The van der Waals surface area contributed by atoms with Crippen LogP contribution in [0.5, 0.6) is 11.5 Å². The molecular weight excluding hydrogens is 328 g/mol. The Morgan fingerprint density at radius 1 is 1.05 bits per heavy atom. The molecule has 2 aromatic carbocycles. The summed E-state index contributed by atoms with van der Waals surface area (Å²) in [4.78, 5) is 4.33. The number of benzene rings is 2. The Hall–Kier alpha value is -2.07. The third-order valence-electron chi connectivity index (χ3n) is 3.22. The monoisotopic (exact) mass is 342 g/mol. The van der Waals surface area contributed by atoms with E-state index in [-0.39, 0.29) is 0 Å². The number of nitrogens with zero attached hydrogens (tertiary/aromatic N) is 1. The second-order valence-corrected chi connectivity index (χ2v) is 6.05. The summed E-state index contributed by atoms with van der Waals surface area (Å²) in [5.74, 6) is 1.43. The summed E-state index contributed by atoms with van der Waals surface area (Å²) in [6.07, 6.45) is 1.63. The number of hydrogen-bond donors (Lipinski definition) is 1. The van der Waals surface area contributed by atoms with Crippen molar-refractivity contribution in [3.05, 3.63) is 58.2 Å². The number of ether oxygens (including phenoxy) is 1. The first-order valence-corrected chi connectivity index (χ1v) is 7.42. The van der Waals surface area contributed by atoms with Crippen LogP contribution in [0.15, 0.2) is 47.1 Å². The van der Waals surface area contributed by atoms with Crippen LogP contribution in [0.1, 0.15) is 11.1 Å². The van der Waals surface area contributed by atoms with Crippen molar-refractivity contribution in [1.82, 2.24) is 4.98 Å². The van der Waals surface area contributed by atoms with Crippen LogP contribution in [0.2, 0.25) is 0 Å². The zero-order valence-electron chi connectivity index (χ0n) is 11.9. The van der Waals surface area contributed by atoms with Gasteiger partial charge in [0.25, 0.3) is 0 Å². The summed E-state index contributed by atoms with van der Waals surface area (Å²) in [6, 6.07) is 12.0. The van der Waals surface area contributed by atoms with Crippen LogP contribution < -0.4 is 10.5 Å². The third-order valence-corrected chi connectivity index (χ3v) is 3.72. The fourth-order valence-corrected chi connectivity index (χ4v) is 2.74. The second kappa shape index (κ2) is 5.37. The third kappa shape index (κ3) is 2.85. The molecule has 0 saturated heterocycles. The molecule has 2 N–H and O–H groups in total. The molecule has 0 unspecified atom stereocenters. The van der Waals surface area contributed by atoms with E-state index in [4.69, 9.17) is 10.5 Å². The predicted octanol–water partition coefficient (Wildman–Crippen LogP) is 4.99. The van der Waals surface area contributed by atoms with Gasteiger partial charge in [-0.3, -0.25) is 4.98 Å². The molecule has 3 rings (SSSR count). The van der Waals surface area contributed by atoms with Crippen molar-refractivity contribution in [1.29, 1.82) is 0 Å². The summed E-state index contributed by atoms with van der Waals surface area (Å²) in [5, 5.41) is 0.892. The smallest absolute Gasteiger partial charge is 0.161 e. The number of aromatic nitrogens is 1. The van der Waals surface area contributed by atoms with Gasteiger partial charge < -0.3 is 10.5 Å². The van der Waals surface area contributed by atoms with Crippen molar-refractivity contribution < 1.29 is 4.74 Å². The highest BCUT2D eigenvalue weighted by atomic mass is 79.9. The largest absolute Gasteiger partial charge is 0.454 e. The highest BCUT2D eigenvalue weighted by Crippen LogP contribution is 2.36. The maximum atomic E-state index is 6.06. The van der Waals surface area contributed by atoms with Crippen LogP contribution in [0.4, 0.5) is 5.69 Å². The molecule has 0 aliphatic carbocycles. The molecule has 0 fully saturated rings. The quantitative estimate of drug-likeness (QED) is 0.713. The Morgan fingerprint density at radius 3 is 2.48 bits per heavy atom. The number of fused-ring (bicyclic) bond motifs is 1. The number of anilines is 1. The molecule has 3 nitrogen and oxygen atoms in total. The van der Waals surface area contributed by atoms with Gasteiger partial charge in [0.1, 0.15) is 5.75 Å². The lowest BCUT2D eigenvalue weighted by Crippen LogP contribution is -1.96. The van der Waals surface area contributed by atoms with Crippen molar-refractivity contribution in [3.8, 4) is 11.5 Å². The van der Waals surface area contributed by atoms with E-state index in [0.29, 0.717) is 11.4 Å². The van der Waals surface area contributed by atoms with Crippen molar-refractivity contribution in [3.63, 3.8) is 0 Å². The standard InChI is InChI=1S/C17H15BrN2O/c1-10-5-11(2)7-13(6-10)21-17-14-8-12(18)3-4-16(14)20-9-15(17)19/h3-9H,19H2,1-2H3. The first-order chi connectivity index (χ1) is 10.0. The molecule has 0 bridgehead atoms. The lowest BCUT2D eigenvalue weighted by atomic mass is 10.1. The van der Waals surface area contributed by atoms with Gasteiger partial charge in [0.15, 0.2) is 5.75 Å². The van der Waals surface area contributed by atoms with Gasteiger partial charge in [0.2, 0.25) is 0 Å². The van der Waals surface area contributed by atoms with Crippen molar-refractivity contribution >= 4 is 32.5 Å². The molecule has 106 valence electrons. The first-order valence-electron chi connectivity index (χ1n) is 6.63. The van der Waals surface area contributed by atoms with E-state index in [2.05, 4.69) is 27.0 Å². The molecule has 21 heavy (non-hydrogen) atoms. The van der Waals surface area contributed by atoms with Crippen molar-refractivity contribution in [2.24, 2.45) is 0 Å². The number of hydrogen-bond acceptors (Lipinski definition) is 3. The average Bonchev–Trinajstić information content (AvgIpc) is 2.41. The van der Waals surface area contributed by atoms with E-state index >= 15 is 0 Å². The predicted molar refractivity (Wildman–Crippen MR) is 89.8 cm³/mol. The summed E-state index contributed by atoms with van der Waals surface area (Å²) in [5.41, 5.74) is 9.75. The maximum absolute atomic E-state index is 6.06. The molecule has 1 aromatic heterocycles. The number of halogens is 1. The number of pyridine rings is 1. The van der Waals surface area contributed by atoms with Gasteiger partial charge in [-0.05, 0) is 55.3 Å². The van der Waals surface area contributed by atoms with Crippen LogP contribution >= 0.6 is 15.9 Å². The molecule has 0 radical (unpaired) electrons. The lowest BCUT2D eigenvalue weighted by Gasteiger charge is -2.12. The molecule has 0 amide bonds. The van der Waals surface area contributed by atoms with Crippen LogP contribution in [-0.4, -0.2) is 4.98 Å². The van der Waals surface area contributed by atoms with E-state index in [1.54, 1.807) is 6.20 Å². The first kappa shape index (κ1) is 13.9. The number of aryl methyl sites for hydroxylation is 2. The molecule has 3 aromatic rings. The fourth-order valence-electron chi connectivity index (χ4n) is 2.38. The Bertz CT molecular complexity index is 805. The van der Waals surface area contributed by atoms with Gasteiger partial charge in [-0.25, -0.2) is 0 Å². The molecule has 0 saturated carbocycles. The van der Waals surface area contributed by atoms with Gasteiger partial charge in [-0.1, -0.05) is 22.0 Å². The number of nitrogens with two attached hydrogens (primary N) is 1. The highest BCUT2D eigenvalue weighted by Gasteiger charge is 2.10. The zero-order valence-corrected chi connectivity index (χ0v) is 13.4. The van der Waals surface area contributed by atoms with E-state index in [1.807, 2.05) is 44.2 Å². The molecular formula is C17H15BrN2O. The van der Waals surface area contributed by atoms with E-state index < -0.39 is 0 Å². The summed E-state index contributed by atoms with van der Waals surface area (Å²) < 4.78 is 7.02. The number of nitrogen functional groups attached to an aromatic ring is 1. The highest BCUT2D eigenvalue weighted by molar-refractivity contribution is 9.10. The van der Waals surface area contributed by atoms with Gasteiger partial charge in [0.05, 0.1) is 17.4 Å². The van der Waals surface area contributed by atoms with E-state index in [9.17, 15) is 0 Å². The van der Waals surface area contributed by atoms with Gasteiger partial charge in [0, 0.05) is 9.86 Å². The van der Waals surface area contributed by atoms with Gasteiger partial charge in [-0.2, -0.15) is 0 Å². The van der Waals surface area contributed by atoms with E-state index in [0.717, 1.165) is 32.3 Å². The minimum Gasteiger partial charge on any atom is -0.454 e. The van der Waals surface area contributed by atoms with Crippen LogP contribution in [0, 0.1) is 13.8 Å². The Kier molecular flexibility index (Phi) is 3.55. The van der Waals surface area contributed by atoms with Crippen molar-refractivity contribution in [2.75, 3.05) is 5.73 Å². The summed E-state index contributed by atoms with van der Waals surface area (Å²) in [7, 11) is 0. The second-order valence-electron chi connectivity index (χ2n) is 5.13. The Balaban J connectivity index is 2.15. The Morgan fingerprint density at radius 2 is 1.76 bits per heavy atom. The fraction of sp³-hybridized carbons (Fsp3) is 0.118. The van der Waals surface area contributed by atoms with Gasteiger partial charge in [-0.15, -0.1) is 0 Å². The zero-order chi connectivity index (χ0) is 15.0. The molecule has 0 aliphatic heterocycles. The van der Waals surface area contributed by atoms with Crippen LogP contribution in [0.25, 0.3) is 10.9 Å². The van der Waals surface area contributed by atoms with Crippen LogP contribution in [0.3, 0.4) is 0 Å². The summed E-state index contributed by atoms with van der Waals surface area (Å²) >= 11 is 3.48. The topological polar surface area (TPSA) is 48.1 Å². The maximum Gasteiger partial charge on any atom is 0.161 e. The van der Waals surface area contributed by atoms with Crippen LogP contribution in [-0.2, 0) is 0 Å². The lowest BCUT2D eigenvalue weighted by molar-refractivity contribution is 0.489. The average molecular weight is 343 g/mol. The van der Waals surface area contributed by atoms with Gasteiger partial charge >= 0.3 is 0 Å². The molecule has 4 heteroatoms. The minimum atomic E-state index is 0.528. The van der Waals surface area contributed by atoms with Crippen molar-refractivity contribution in [2.45, 2.75) is 13.8 Å². The van der Waals surface area contributed by atoms with E-state index in [1.165, 1.54) is 0 Å². The Labute approximate surface area is 131 Å². The number of rotatable bonds is 2. The molecule has 1 heterocycles. The molecule has 0 spiro atoms. The minimum absolute atomic E-state index is 0.528. The SMILES string of the molecule is Cc1cc(C)cc(Oc2c(N)cnc3ccc(Br)cc23)c1. The summed E-state index contributed by atoms with van der Waals surface area (Å²) in [6.45, 7) is 4.09. The normalized spacial score (nSPS) is 10.8.